The Labute approximate surface area is 126 Å². The summed E-state index contributed by atoms with van der Waals surface area (Å²) in [6, 6.07) is 1.55. The number of nitrogens with zero attached hydrogens (tertiary/aromatic N) is 2. The van der Waals surface area contributed by atoms with Crippen LogP contribution in [0.5, 0.6) is 0 Å². The third-order valence-corrected chi connectivity index (χ3v) is 3.20. The molecule has 0 aliphatic carbocycles. The molecule has 1 heterocycles. The standard InChI is InChI=1S/C12H9BrClF2N3O/c13-7-5-18-19(6-7)2-1-17-12(20)8-3-10(15)11(16)4-9(8)14/h3-6H,1-2H2,(H,17,20). The average Bonchev–Trinajstić information content (AvgIpc) is 2.79. The minimum Gasteiger partial charge on any atom is -0.350 e. The van der Waals surface area contributed by atoms with Crippen LogP contribution in [0.4, 0.5) is 8.78 Å². The zero-order valence-electron chi connectivity index (χ0n) is 10.0. The Morgan fingerprint density at radius 1 is 1.40 bits per heavy atom. The third kappa shape index (κ3) is 3.55. The second kappa shape index (κ2) is 6.32. The number of benzene rings is 1. The van der Waals surface area contributed by atoms with Crippen LogP contribution in [0.1, 0.15) is 10.4 Å². The van der Waals surface area contributed by atoms with E-state index in [1.807, 2.05) is 0 Å². The van der Waals surface area contributed by atoms with Crippen molar-refractivity contribution in [2.75, 3.05) is 6.54 Å². The number of hydrogen-bond acceptors (Lipinski definition) is 2. The molecule has 0 spiro atoms. The Balaban J connectivity index is 1.97. The van der Waals surface area contributed by atoms with Crippen molar-refractivity contribution < 1.29 is 13.6 Å². The molecule has 0 saturated carbocycles. The predicted molar refractivity (Wildman–Crippen MR) is 73.6 cm³/mol. The molecular formula is C12H9BrClF2N3O. The van der Waals surface area contributed by atoms with E-state index in [1.54, 1.807) is 17.1 Å². The van der Waals surface area contributed by atoms with Crippen LogP contribution in [0.3, 0.4) is 0 Å². The molecular weight excluding hydrogens is 356 g/mol. The molecule has 0 aliphatic heterocycles. The highest BCUT2D eigenvalue weighted by molar-refractivity contribution is 9.10. The van der Waals surface area contributed by atoms with Gasteiger partial charge in [0.15, 0.2) is 11.6 Å². The number of hydrogen-bond donors (Lipinski definition) is 1. The fourth-order valence-corrected chi connectivity index (χ4v) is 2.10. The highest BCUT2D eigenvalue weighted by atomic mass is 79.9. The summed E-state index contributed by atoms with van der Waals surface area (Å²) in [4.78, 5) is 11.8. The van der Waals surface area contributed by atoms with Crippen LogP contribution >= 0.6 is 27.5 Å². The van der Waals surface area contributed by atoms with Gasteiger partial charge in [-0.15, -0.1) is 0 Å². The zero-order chi connectivity index (χ0) is 14.7. The number of rotatable bonds is 4. The molecule has 0 unspecified atom stereocenters. The van der Waals surface area contributed by atoms with Gasteiger partial charge in [0.25, 0.3) is 5.91 Å². The van der Waals surface area contributed by atoms with Gasteiger partial charge in [-0.2, -0.15) is 5.10 Å². The number of halogens is 4. The number of carbonyl (C=O) groups excluding carboxylic acids is 1. The van der Waals surface area contributed by atoms with Crippen molar-refractivity contribution in [2.45, 2.75) is 6.54 Å². The van der Waals surface area contributed by atoms with E-state index in [2.05, 4.69) is 26.3 Å². The van der Waals surface area contributed by atoms with Gasteiger partial charge in [-0.3, -0.25) is 9.48 Å². The van der Waals surface area contributed by atoms with Gasteiger partial charge in [-0.25, -0.2) is 8.78 Å². The summed E-state index contributed by atoms with van der Waals surface area (Å²) in [5.41, 5.74) is -0.104. The maximum absolute atomic E-state index is 13.1. The zero-order valence-corrected chi connectivity index (χ0v) is 12.4. The Hall–Kier alpha value is -1.47. The monoisotopic (exact) mass is 363 g/mol. The van der Waals surface area contributed by atoms with Crippen LogP contribution in [-0.4, -0.2) is 22.2 Å². The Kier molecular flexibility index (Phi) is 4.72. The minimum absolute atomic E-state index is 0.104. The van der Waals surface area contributed by atoms with Gasteiger partial charge in [0.1, 0.15) is 0 Å². The molecule has 0 aliphatic rings. The van der Waals surface area contributed by atoms with Gasteiger partial charge >= 0.3 is 0 Å². The van der Waals surface area contributed by atoms with Gasteiger partial charge in [-0.1, -0.05) is 11.6 Å². The van der Waals surface area contributed by atoms with Crippen molar-refractivity contribution in [2.24, 2.45) is 0 Å². The maximum atomic E-state index is 13.1. The third-order valence-electron chi connectivity index (χ3n) is 2.48. The molecule has 1 aromatic carbocycles. The van der Waals surface area contributed by atoms with Crippen molar-refractivity contribution in [3.05, 3.63) is 51.2 Å². The molecule has 0 saturated heterocycles. The van der Waals surface area contributed by atoms with E-state index < -0.39 is 17.5 Å². The molecule has 0 atom stereocenters. The van der Waals surface area contributed by atoms with E-state index in [4.69, 9.17) is 11.6 Å². The molecule has 0 radical (unpaired) electrons. The Bertz CT molecular complexity index is 648. The molecule has 20 heavy (non-hydrogen) atoms. The van der Waals surface area contributed by atoms with E-state index in [1.165, 1.54) is 0 Å². The molecule has 0 fully saturated rings. The van der Waals surface area contributed by atoms with Gasteiger partial charge in [0, 0.05) is 12.7 Å². The smallest absolute Gasteiger partial charge is 0.252 e. The summed E-state index contributed by atoms with van der Waals surface area (Å²) in [7, 11) is 0. The van der Waals surface area contributed by atoms with Gasteiger partial charge in [-0.05, 0) is 28.1 Å². The van der Waals surface area contributed by atoms with Crippen LogP contribution in [0.25, 0.3) is 0 Å². The second-order valence-corrected chi connectivity index (χ2v) is 5.25. The minimum atomic E-state index is -1.12. The molecule has 4 nitrogen and oxygen atoms in total. The van der Waals surface area contributed by atoms with Crippen molar-refractivity contribution in [1.29, 1.82) is 0 Å². The quantitative estimate of drug-likeness (QED) is 0.848. The first kappa shape index (κ1) is 14.9. The van der Waals surface area contributed by atoms with E-state index in [0.29, 0.717) is 6.54 Å². The second-order valence-electron chi connectivity index (χ2n) is 3.92. The van der Waals surface area contributed by atoms with E-state index in [-0.39, 0.29) is 17.1 Å². The first-order valence-electron chi connectivity index (χ1n) is 5.58. The summed E-state index contributed by atoms with van der Waals surface area (Å²) in [6.45, 7) is 0.723. The number of carbonyl (C=O) groups is 1. The summed E-state index contributed by atoms with van der Waals surface area (Å²) in [6.07, 6.45) is 3.37. The lowest BCUT2D eigenvalue weighted by Crippen LogP contribution is -2.27. The van der Waals surface area contributed by atoms with Gasteiger partial charge in [0.2, 0.25) is 0 Å². The van der Waals surface area contributed by atoms with E-state index >= 15 is 0 Å². The number of aromatic nitrogens is 2. The summed E-state index contributed by atoms with van der Waals surface area (Å²) in [5, 5.41) is 6.43. The Morgan fingerprint density at radius 2 is 2.10 bits per heavy atom. The lowest BCUT2D eigenvalue weighted by Gasteiger charge is -2.07. The fourth-order valence-electron chi connectivity index (χ4n) is 1.54. The molecule has 2 aromatic rings. The topological polar surface area (TPSA) is 46.9 Å². The number of amides is 1. The summed E-state index contributed by atoms with van der Waals surface area (Å²) < 4.78 is 28.4. The first-order valence-corrected chi connectivity index (χ1v) is 6.75. The van der Waals surface area contributed by atoms with Gasteiger partial charge < -0.3 is 5.32 Å². The molecule has 0 bridgehead atoms. The predicted octanol–water partition coefficient (Wildman–Crippen LogP) is 3.01. The van der Waals surface area contributed by atoms with Gasteiger partial charge in [0.05, 0.1) is 27.8 Å². The van der Waals surface area contributed by atoms with E-state index in [0.717, 1.165) is 16.6 Å². The highest BCUT2D eigenvalue weighted by Gasteiger charge is 2.14. The average molecular weight is 365 g/mol. The van der Waals surface area contributed by atoms with E-state index in [9.17, 15) is 13.6 Å². The normalized spacial score (nSPS) is 10.6. The summed E-state index contributed by atoms with van der Waals surface area (Å²) in [5.74, 6) is -2.77. The molecule has 8 heteroatoms. The fraction of sp³-hybridized carbons (Fsp3) is 0.167. The molecule has 1 aromatic heterocycles. The largest absolute Gasteiger partial charge is 0.350 e. The van der Waals surface area contributed by atoms with Crippen LogP contribution in [0.2, 0.25) is 5.02 Å². The summed E-state index contributed by atoms with van der Waals surface area (Å²) >= 11 is 8.95. The maximum Gasteiger partial charge on any atom is 0.252 e. The van der Waals surface area contributed by atoms with Crippen LogP contribution < -0.4 is 5.32 Å². The highest BCUT2D eigenvalue weighted by Crippen LogP contribution is 2.19. The van der Waals surface area contributed by atoms with Crippen molar-refractivity contribution in [1.82, 2.24) is 15.1 Å². The van der Waals surface area contributed by atoms with Crippen molar-refractivity contribution in [3.63, 3.8) is 0 Å². The molecule has 2 rings (SSSR count). The lowest BCUT2D eigenvalue weighted by atomic mass is 10.2. The first-order chi connectivity index (χ1) is 9.47. The SMILES string of the molecule is O=C(NCCn1cc(Br)cn1)c1cc(F)c(F)cc1Cl. The van der Waals surface area contributed by atoms with Crippen LogP contribution in [0, 0.1) is 11.6 Å². The molecule has 106 valence electrons. The van der Waals surface area contributed by atoms with Crippen LogP contribution in [-0.2, 0) is 6.54 Å². The lowest BCUT2D eigenvalue weighted by molar-refractivity contribution is 0.0951. The van der Waals surface area contributed by atoms with Crippen molar-refractivity contribution in [3.8, 4) is 0 Å². The van der Waals surface area contributed by atoms with Crippen molar-refractivity contribution >= 4 is 33.4 Å². The Morgan fingerprint density at radius 3 is 2.75 bits per heavy atom. The van der Waals surface area contributed by atoms with Crippen LogP contribution in [0.15, 0.2) is 29.0 Å². The molecule has 1 N–H and O–H groups in total. The number of nitrogens with one attached hydrogen (secondary N) is 1. The molecule has 1 amide bonds.